The van der Waals surface area contributed by atoms with Crippen LogP contribution in [0.15, 0.2) is 33.7 Å². The summed E-state index contributed by atoms with van der Waals surface area (Å²) in [5, 5.41) is 17.1. The molecule has 5 nitrogen and oxygen atoms in total. The Morgan fingerprint density at radius 2 is 1.96 bits per heavy atom. The van der Waals surface area contributed by atoms with Crippen molar-refractivity contribution in [1.82, 2.24) is 4.68 Å². The van der Waals surface area contributed by atoms with Crippen LogP contribution in [0.4, 0.5) is 5.69 Å². The molecule has 3 rings (SSSR count). The highest BCUT2D eigenvalue weighted by Gasteiger charge is 2.12. The average Bonchev–Trinajstić information content (AvgIpc) is 3.02. The molecule has 6 heteroatoms. The van der Waals surface area contributed by atoms with Crippen molar-refractivity contribution in [2.45, 2.75) is 58.9 Å². The summed E-state index contributed by atoms with van der Waals surface area (Å²) in [4.78, 5) is 8.08. The highest BCUT2D eigenvalue weighted by atomic mass is 32.1. The van der Waals surface area contributed by atoms with Crippen molar-refractivity contribution in [3.8, 4) is 5.75 Å². The summed E-state index contributed by atoms with van der Waals surface area (Å²) in [7, 11) is 0. The third-order valence-corrected chi connectivity index (χ3v) is 6.12. The number of anilines is 1. The van der Waals surface area contributed by atoms with E-state index < -0.39 is 0 Å². The van der Waals surface area contributed by atoms with Crippen LogP contribution in [0.5, 0.6) is 5.75 Å². The molecule has 1 aliphatic carbocycles. The highest BCUT2D eigenvalue weighted by molar-refractivity contribution is 7.07. The summed E-state index contributed by atoms with van der Waals surface area (Å²) < 4.78 is 1.89. The van der Waals surface area contributed by atoms with E-state index in [1.807, 2.05) is 29.8 Å². The quantitative estimate of drug-likeness (QED) is 0.742. The molecular weight excluding hydrogens is 356 g/mol. The summed E-state index contributed by atoms with van der Waals surface area (Å²) in [6.45, 7) is 8.10. The fourth-order valence-electron chi connectivity index (χ4n) is 3.53. The molecule has 0 spiro atoms. The molecule has 0 unspecified atom stereocenters. The third kappa shape index (κ3) is 4.80. The number of hydrogen-bond donors (Lipinski definition) is 1. The molecule has 27 heavy (non-hydrogen) atoms. The standard InChI is InChI=1S/C21H30N4OS/c1-4-24(5-2)19-12-11-17(20(26)13-19)14-22-25-16(3)15-27-21(25)23-18-9-7-6-8-10-18/h11-15,18,26H,4-10H2,1-3H3. The van der Waals surface area contributed by atoms with Gasteiger partial charge in [0.25, 0.3) is 0 Å². The Hall–Kier alpha value is -2.08. The minimum atomic E-state index is 0.252. The maximum Gasteiger partial charge on any atom is 0.206 e. The average molecular weight is 387 g/mol. The van der Waals surface area contributed by atoms with Crippen LogP contribution in [-0.4, -0.2) is 35.1 Å². The van der Waals surface area contributed by atoms with Gasteiger partial charge in [0.05, 0.1) is 18.0 Å². The Bertz CT molecular complexity index is 842. The van der Waals surface area contributed by atoms with Gasteiger partial charge >= 0.3 is 0 Å². The number of phenolic OH excluding ortho intramolecular Hbond substituents is 1. The van der Waals surface area contributed by atoms with Crippen LogP contribution in [0.25, 0.3) is 0 Å². The molecule has 2 aromatic rings. The lowest BCUT2D eigenvalue weighted by atomic mass is 9.96. The van der Waals surface area contributed by atoms with Crippen molar-refractivity contribution in [3.63, 3.8) is 0 Å². The second-order valence-corrected chi connectivity index (χ2v) is 7.89. The second kappa shape index (κ2) is 9.22. The molecule has 1 fully saturated rings. The van der Waals surface area contributed by atoms with Crippen LogP contribution < -0.4 is 9.70 Å². The van der Waals surface area contributed by atoms with E-state index in [0.717, 1.165) is 29.3 Å². The number of aromatic hydroxyl groups is 1. The van der Waals surface area contributed by atoms with Crippen molar-refractivity contribution in [2.75, 3.05) is 18.0 Å². The Kier molecular flexibility index (Phi) is 6.72. The number of aryl methyl sites for hydroxylation is 1. The van der Waals surface area contributed by atoms with Gasteiger partial charge < -0.3 is 10.0 Å². The van der Waals surface area contributed by atoms with E-state index in [1.54, 1.807) is 17.6 Å². The predicted molar refractivity (Wildman–Crippen MR) is 114 cm³/mol. The lowest BCUT2D eigenvalue weighted by Crippen LogP contribution is -2.21. The molecule has 1 aliphatic rings. The first-order valence-electron chi connectivity index (χ1n) is 9.95. The molecule has 0 atom stereocenters. The van der Waals surface area contributed by atoms with Crippen molar-refractivity contribution < 1.29 is 5.11 Å². The summed E-state index contributed by atoms with van der Waals surface area (Å²) in [5.41, 5.74) is 2.81. The number of benzene rings is 1. The summed E-state index contributed by atoms with van der Waals surface area (Å²) in [6, 6.07) is 6.19. The van der Waals surface area contributed by atoms with E-state index in [9.17, 15) is 5.11 Å². The SMILES string of the molecule is CCN(CC)c1ccc(C=Nn2c(C)csc2=NC2CCCCC2)c(O)c1. The molecule has 1 aromatic heterocycles. The largest absolute Gasteiger partial charge is 0.507 e. The van der Waals surface area contributed by atoms with Crippen LogP contribution in [0, 0.1) is 6.92 Å². The minimum Gasteiger partial charge on any atom is -0.507 e. The van der Waals surface area contributed by atoms with Crippen molar-refractivity contribution in [3.05, 3.63) is 39.6 Å². The van der Waals surface area contributed by atoms with Crippen molar-refractivity contribution in [2.24, 2.45) is 10.1 Å². The molecule has 0 radical (unpaired) electrons. The number of nitrogens with zero attached hydrogens (tertiary/aromatic N) is 4. The molecule has 0 amide bonds. The zero-order chi connectivity index (χ0) is 19.2. The van der Waals surface area contributed by atoms with Crippen LogP contribution >= 0.6 is 11.3 Å². The fraction of sp³-hybridized carbons (Fsp3) is 0.524. The Labute approximate surface area is 165 Å². The number of thiazole rings is 1. The summed E-state index contributed by atoms with van der Waals surface area (Å²) in [6.07, 6.45) is 7.95. The van der Waals surface area contributed by atoms with Crippen LogP contribution in [-0.2, 0) is 0 Å². The van der Waals surface area contributed by atoms with E-state index in [0.29, 0.717) is 11.6 Å². The molecular formula is C21H30N4OS. The zero-order valence-electron chi connectivity index (χ0n) is 16.6. The van der Waals surface area contributed by atoms with Crippen LogP contribution in [0.1, 0.15) is 57.2 Å². The summed E-state index contributed by atoms with van der Waals surface area (Å²) in [5.74, 6) is 0.252. The lowest BCUT2D eigenvalue weighted by Gasteiger charge is -2.21. The molecule has 1 aromatic carbocycles. The van der Waals surface area contributed by atoms with Gasteiger partial charge in [0, 0.05) is 35.8 Å². The number of phenols is 1. The van der Waals surface area contributed by atoms with E-state index in [4.69, 9.17) is 4.99 Å². The van der Waals surface area contributed by atoms with E-state index in [2.05, 4.69) is 29.2 Å². The molecule has 1 heterocycles. The van der Waals surface area contributed by atoms with Gasteiger partial charge in [0.15, 0.2) is 0 Å². The van der Waals surface area contributed by atoms with Crippen LogP contribution in [0.2, 0.25) is 0 Å². The van der Waals surface area contributed by atoms with Gasteiger partial charge in [-0.15, -0.1) is 11.3 Å². The third-order valence-electron chi connectivity index (χ3n) is 5.17. The predicted octanol–water partition coefficient (Wildman–Crippen LogP) is 4.53. The zero-order valence-corrected chi connectivity index (χ0v) is 17.4. The smallest absolute Gasteiger partial charge is 0.206 e. The lowest BCUT2D eigenvalue weighted by molar-refractivity contribution is 0.435. The van der Waals surface area contributed by atoms with Gasteiger partial charge in [-0.05, 0) is 45.7 Å². The molecule has 0 bridgehead atoms. The molecule has 146 valence electrons. The molecule has 1 saturated carbocycles. The summed E-state index contributed by atoms with van der Waals surface area (Å²) >= 11 is 1.63. The molecule has 0 saturated heterocycles. The van der Waals surface area contributed by atoms with Gasteiger partial charge in [0.2, 0.25) is 4.80 Å². The van der Waals surface area contributed by atoms with Crippen molar-refractivity contribution >= 4 is 23.2 Å². The van der Waals surface area contributed by atoms with Crippen LogP contribution in [0.3, 0.4) is 0 Å². The maximum atomic E-state index is 10.4. The first kappa shape index (κ1) is 19.7. The topological polar surface area (TPSA) is 53.1 Å². The van der Waals surface area contributed by atoms with Gasteiger partial charge in [-0.25, -0.2) is 4.68 Å². The van der Waals surface area contributed by atoms with E-state index in [-0.39, 0.29) is 5.75 Å². The first-order chi connectivity index (χ1) is 13.1. The molecule has 1 N–H and O–H groups in total. The Morgan fingerprint density at radius 3 is 2.63 bits per heavy atom. The number of hydrogen-bond acceptors (Lipinski definition) is 5. The first-order valence-corrected chi connectivity index (χ1v) is 10.8. The second-order valence-electron chi connectivity index (χ2n) is 7.05. The maximum absolute atomic E-state index is 10.4. The number of rotatable bonds is 6. The highest BCUT2D eigenvalue weighted by Crippen LogP contribution is 2.24. The monoisotopic (exact) mass is 386 g/mol. The van der Waals surface area contributed by atoms with E-state index in [1.165, 1.54) is 32.1 Å². The number of aromatic nitrogens is 1. The van der Waals surface area contributed by atoms with Crippen molar-refractivity contribution in [1.29, 1.82) is 0 Å². The fourth-order valence-corrected chi connectivity index (χ4v) is 4.40. The van der Waals surface area contributed by atoms with Gasteiger partial charge in [-0.1, -0.05) is 19.3 Å². The van der Waals surface area contributed by atoms with E-state index >= 15 is 0 Å². The minimum absolute atomic E-state index is 0.252. The Morgan fingerprint density at radius 1 is 1.22 bits per heavy atom. The Balaban J connectivity index is 1.84. The van der Waals surface area contributed by atoms with Gasteiger partial charge in [0.1, 0.15) is 5.75 Å². The normalized spacial score (nSPS) is 16.3. The molecule has 0 aliphatic heterocycles. The van der Waals surface area contributed by atoms with Gasteiger partial charge in [-0.3, -0.25) is 4.99 Å². The van der Waals surface area contributed by atoms with Gasteiger partial charge in [-0.2, -0.15) is 5.10 Å².